The molecule has 0 aliphatic heterocycles. The molecule has 1 aromatic carbocycles. The number of rotatable bonds is 5. The van der Waals surface area contributed by atoms with Gasteiger partial charge in [-0.05, 0) is 19.9 Å². The normalized spacial score (nSPS) is 11.0. The summed E-state index contributed by atoms with van der Waals surface area (Å²) in [6.07, 6.45) is 3.37. The number of fused-ring (bicyclic) bond motifs is 1. The van der Waals surface area contributed by atoms with Crippen molar-refractivity contribution in [1.29, 1.82) is 0 Å². The molecule has 0 saturated carbocycles. The predicted molar refractivity (Wildman–Crippen MR) is 95.9 cm³/mol. The molecule has 0 bridgehead atoms. The van der Waals surface area contributed by atoms with E-state index in [1.807, 2.05) is 54.9 Å². The second kappa shape index (κ2) is 6.66. The second-order valence-corrected chi connectivity index (χ2v) is 5.84. The van der Waals surface area contributed by atoms with Crippen LogP contribution >= 0.6 is 0 Å². The summed E-state index contributed by atoms with van der Waals surface area (Å²) >= 11 is 0. The number of nitrogens with one attached hydrogen (secondary N) is 1. The predicted octanol–water partition coefficient (Wildman–Crippen LogP) is 3.60. The summed E-state index contributed by atoms with van der Waals surface area (Å²) in [4.78, 5) is 17.3. The van der Waals surface area contributed by atoms with Crippen LogP contribution in [0.5, 0.6) is 0 Å². The highest BCUT2D eigenvalue weighted by Gasteiger charge is 2.18. The molecule has 0 saturated heterocycles. The van der Waals surface area contributed by atoms with E-state index in [0.717, 1.165) is 22.3 Å². The monoisotopic (exact) mass is 320 g/mol. The highest BCUT2D eigenvalue weighted by molar-refractivity contribution is 6.06. The summed E-state index contributed by atoms with van der Waals surface area (Å²) in [5, 5.41) is 8.00. The van der Waals surface area contributed by atoms with Crippen molar-refractivity contribution in [2.75, 3.05) is 6.54 Å². The van der Waals surface area contributed by atoms with Gasteiger partial charge in [-0.3, -0.25) is 4.79 Å². The van der Waals surface area contributed by atoms with E-state index in [2.05, 4.69) is 17.0 Å². The second-order valence-electron chi connectivity index (χ2n) is 5.84. The number of nitrogens with zero attached hydrogens (tertiary/aromatic N) is 3. The summed E-state index contributed by atoms with van der Waals surface area (Å²) in [6.45, 7) is 8.14. The van der Waals surface area contributed by atoms with Gasteiger partial charge in [0.25, 0.3) is 5.91 Å². The van der Waals surface area contributed by atoms with Crippen LogP contribution in [0.15, 0.2) is 55.3 Å². The van der Waals surface area contributed by atoms with Gasteiger partial charge in [0.05, 0.1) is 22.8 Å². The van der Waals surface area contributed by atoms with E-state index in [1.54, 1.807) is 12.3 Å². The molecule has 5 heteroatoms. The van der Waals surface area contributed by atoms with E-state index < -0.39 is 0 Å². The van der Waals surface area contributed by atoms with Crippen molar-refractivity contribution in [3.8, 4) is 11.3 Å². The van der Waals surface area contributed by atoms with Gasteiger partial charge in [0.1, 0.15) is 0 Å². The minimum Gasteiger partial charge on any atom is -0.349 e. The molecular weight excluding hydrogens is 300 g/mol. The fraction of sp³-hybridized carbons (Fsp3) is 0.211. The molecule has 0 unspecified atom stereocenters. The molecule has 0 radical (unpaired) electrons. The van der Waals surface area contributed by atoms with Gasteiger partial charge in [-0.25, -0.2) is 9.67 Å². The molecule has 24 heavy (non-hydrogen) atoms. The topological polar surface area (TPSA) is 59.8 Å². The highest BCUT2D eigenvalue weighted by Crippen LogP contribution is 2.26. The van der Waals surface area contributed by atoms with Crippen LogP contribution in [0.25, 0.3) is 22.3 Å². The van der Waals surface area contributed by atoms with Gasteiger partial charge in [0.2, 0.25) is 0 Å². The number of benzene rings is 1. The lowest BCUT2D eigenvalue weighted by Gasteiger charge is -2.10. The maximum Gasteiger partial charge on any atom is 0.252 e. The molecule has 0 aliphatic rings. The molecule has 1 amide bonds. The minimum absolute atomic E-state index is 0.150. The Labute approximate surface area is 141 Å². The zero-order valence-corrected chi connectivity index (χ0v) is 13.9. The number of hydrogen-bond acceptors (Lipinski definition) is 3. The Morgan fingerprint density at radius 3 is 2.75 bits per heavy atom. The average molecular weight is 320 g/mol. The Balaban J connectivity index is 2.21. The van der Waals surface area contributed by atoms with Crippen LogP contribution in [0.4, 0.5) is 0 Å². The van der Waals surface area contributed by atoms with Gasteiger partial charge >= 0.3 is 0 Å². The number of carbonyl (C=O) groups is 1. The largest absolute Gasteiger partial charge is 0.349 e. The summed E-state index contributed by atoms with van der Waals surface area (Å²) in [5.74, 6) is -0.150. The lowest BCUT2D eigenvalue weighted by molar-refractivity contribution is 0.0959. The zero-order valence-electron chi connectivity index (χ0n) is 13.9. The molecule has 0 atom stereocenters. The van der Waals surface area contributed by atoms with Crippen LogP contribution in [0, 0.1) is 0 Å². The number of amides is 1. The lowest BCUT2D eigenvalue weighted by Crippen LogP contribution is -2.23. The van der Waals surface area contributed by atoms with E-state index >= 15 is 0 Å². The van der Waals surface area contributed by atoms with Crippen LogP contribution in [0.3, 0.4) is 0 Å². The highest BCUT2D eigenvalue weighted by atomic mass is 16.1. The molecule has 0 spiro atoms. The van der Waals surface area contributed by atoms with Crippen molar-refractivity contribution in [2.45, 2.75) is 19.9 Å². The quantitative estimate of drug-likeness (QED) is 0.731. The van der Waals surface area contributed by atoms with Gasteiger partial charge in [-0.2, -0.15) is 5.10 Å². The van der Waals surface area contributed by atoms with Crippen LogP contribution in [0.2, 0.25) is 0 Å². The fourth-order valence-corrected chi connectivity index (χ4v) is 2.60. The van der Waals surface area contributed by atoms with E-state index in [9.17, 15) is 4.79 Å². The van der Waals surface area contributed by atoms with E-state index in [4.69, 9.17) is 4.98 Å². The molecule has 3 rings (SSSR count). The van der Waals surface area contributed by atoms with Crippen molar-refractivity contribution >= 4 is 16.9 Å². The Bertz CT molecular complexity index is 881. The Kier molecular flexibility index (Phi) is 4.42. The zero-order chi connectivity index (χ0) is 17.1. The van der Waals surface area contributed by atoms with E-state index in [-0.39, 0.29) is 11.9 Å². The van der Waals surface area contributed by atoms with E-state index in [1.165, 1.54) is 0 Å². The number of pyridine rings is 1. The van der Waals surface area contributed by atoms with Crippen molar-refractivity contribution in [1.82, 2.24) is 20.1 Å². The number of carbonyl (C=O) groups excluding carboxylic acids is 1. The fourth-order valence-electron chi connectivity index (χ4n) is 2.60. The molecule has 0 fully saturated rings. The maximum absolute atomic E-state index is 12.6. The first-order valence-electron chi connectivity index (χ1n) is 7.94. The number of aromatic nitrogens is 3. The Morgan fingerprint density at radius 1 is 1.33 bits per heavy atom. The molecule has 122 valence electrons. The van der Waals surface area contributed by atoms with Gasteiger partial charge in [-0.15, -0.1) is 6.58 Å². The van der Waals surface area contributed by atoms with Gasteiger partial charge in [0, 0.05) is 18.2 Å². The summed E-state index contributed by atoms with van der Waals surface area (Å²) < 4.78 is 1.84. The molecule has 3 aromatic rings. The molecular formula is C19H20N4O. The van der Waals surface area contributed by atoms with Crippen molar-refractivity contribution in [3.63, 3.8) is 0 Å². The van der Waals surface area contributed by atoms with Crippen LogP contribution < -0.4 is 5.32 Å². The molecule has 2 aromatic heterocycles. The molecule has 2 heterocycles. The standard InChI is InChI=1S/C19H20N4O/c1-4-10-20-19(24)15-11-17(14-8-6-5-7-9-14)22-18-16(15)12-21-23(18)13(2)3/h4-9,11-13H,1,10H2,2-3H3,(H,20,24). The first-order valence-corrected chi connectivity index (χ1v) is 7.94. The van der Waals surface area contributed by atoms with Gasteiger partial charge in [0.15, 0.2) is 5.65 Å². The molecule has 1 N–H and O–H groups in total. The Hall–Kier alpha value is -2.95. The molecule has 5 nitrogen and oxygen atoms in total. The summed E-state index contributed by atoms with van der Waals surface area (Å²) in [5.41, 5.74) is 3.02. The maximum atomic E-state index is 12.6. The number of hydrogen-bond donors (Lipinski definition) is 1. The average Bonchev–Trinajstić information content (AvgIpc) is 3.03. The van der Waals surface area contributed by atoms with Gasteiger partial charge in [-0.1, -0.05) is 36.4 Å². The summed E-state index contributed by atoms with van der Waals surface area (Å²) in [6, 6.07) is 11.8. The van der Waals surface area contributed by atoms with Gasteiger partial charge < -0.3 is 5.32 Å². The lowest BCUT2D eigenvalue weighted by atomic mass is 10.1. The van der Waals surface area contributed by atoms with Crippen molar-refractivity contribution in [3.05, 3.63) is 60.8 Å². The van der Waals surface area contributed by atoms with Crippen molar-refractivity contribution in [2.24, 2.45) is 0 Å². The molecule has 0 aliphatic carbocycles. The van der Waals surface area contributed by atoms with Crippen LogP contribution in [0.1, 0.15) is 30.2 Å². The smallest absolute Gasteiger partial charge is 0.252 e. The van der Waals surface area contributed by atoms with Crippen molar-refractivity contribution < 1.29 is 4.79 Å². The summed E-state index contributed by atoms with van der Waals surface area (Å²) in [7, 11) is 0. The third kappa shape index (κ3) is 2.93. The SMILES string of the molecule is C=CCNC(=O)c1cc(-c2ccccc2)nc2c1cnn2C(C)C. The third-order valence-electron chi connectivity index (χ3n) is 3.78. The van der Waals surface area contributed by atoms with E-state index in [0.29, 0.717) is 12.1 Å². The first kappa shape index (κ1) is 15.9. The first-order chi connectivity index (χ1) is 11.6. The minimum atomic E-state index is -0.150. The van der Waals surface area contributed by atoms with Crippen LogP contribution in [-0.2, 0) is 0 Å². The third-order valence-corrected chi connectivity index (χ3v) is 3.78. The van der Waals surface area contributed by atoms with Crippen LogP contribution in [-0.4, -0.2) is 27.2 Å². The Morgan fingerprint density at radius 2 is 2.08 bits per heavy atom.